The van der Waals surface area contributed by atoms with Gasteiger partial charge in [0.25, 0.3) is 17.5 Å². The van der Waals surface area contributed by atoms with Gasteiger partial charge in [-0.2, -0.15) is 0 Å². The summed E-state index contributed by atoms with van der Waals surface area (Å²) in [6, 6.07) is 3.33. The molecule has 0 unspecified atom stereocenters. The van der Waals surface area contributed by atoms with E-state index in [9.17, 15) is 24.5 Å². The van der Waals surface area contributed by atoms with E-state index in [2.05, 4.69) is 29.4 Å². The average Bonchev–Trinajstić information content (AvgIpc) is 2.92. The predicted octanol–water partition coefficient (Wildman–Crippen LogP) is 1.22. The fourth-order valence-corrected chi connectivity index (χ4v) is 2.96. The van der Waals surface area contributed by atoms with Crippen molar-refractivity contribution in [2.75, 3.05) is 39.3 Å². The number of fused-ring (bicyclic) bond motifs is 1. The Labute approximate surface area is 163 Å². The fourth-order valence-electron chi connectivity index (χ4n) is 2.96. The molecule has 1 aromatic carbocycles. The molecule has 0 aliphatic carbocycles. The first-order chi connectivity index (χ1) is 13.4. The van der Waals surface area contributed by atoms with Gasteiger partial charge in [-0.25, -0.2) is 4.79 Å². The third-order valence-electron chi connectivity index (χ3n) is 4.62. The summed E-state index contributed by atoms with van der Waals surface area (Å²) in [6.45, 7) is 7.67. The van der Waals surface area contributed by atoms with Crippen LogP contribution < -0.4 is 10.6 Å². The zero-order valence-corrected chi connectivity index (χ0v) is 16.1. The molecule has 0 spiro atoms. The lowest BCUT2D eigenvalue weighted by atomic mass is 10.1. The molecule has 0 bridgehead atoms. The number of hydrogen-bond acceptors (Lipinski definition) is 6. The number of nitro benzene ring substituents is 1. The van der Waals surface area contributed by atoms with Gasteiger partial charge in [-0.05, 0) is 25.6 Å². The molecule has 10 nitrogen and oxygen atoms in total. The normalized spacial score (nSPS) is 13.0. The lowest BCUT2D eigenvalue weighted by Crippen LogP contribution is -2.41. The standard InChI is InChI=1S/C18H25N5O5/c1-3-21(4-2)11-9-20-18(26)19-8-5-10-22-16(24)14-7-6-13(23(27)28)12-15(14)17(22)25/h6-7,12H,3-5,8-11H2,1-2H3,(H2,19,20,26). The van der Waals surface area contributed by atoms with Gasteiger partial charge in [0.2, 0.25) is 0 Å². The largest absolute Gasteiger partial charge is 0.338 e. The quantitative estimate of drug-likeness (QED) is 0.267. The number of amides is 4. The minimum absolute atomic E-state index is 0.0429. The Kier molecular flexibility index (Phi) is 7.44. The first-order valence-electron chi connectivity index (χ1n) is 9.27. The van der Waals surface area contributed by atoms with E-state index in [-0.39, 0.29) is 29.4 Å². The van der Waals surface area contributed by atoms with Gasteiger partial charge in [-0.3, -0.25) is 24.6 Å². The summed E-state index contributed by atoms with van der Waals surface area (Å²) < 4.78 is 0. The Morgan fingerprint density at radius 3 is 2.39 bits per heavy atom. The molecule has 1 aliphatic heterocycles. The Morgan fingerprint density at radius 1 is 1.11 bits per heavy atom. The summed E-state index contributed by atoms with van der Waals surface area (Å²) in [7, 11) is 0. The zero-order valence-electron chi connectivity index (χ0n) is 16.1. The number of carbonyl (C=O) groups excluding carboxylic acids is 3. The van der Waals surface area contributed by atoms with Gasteiger partial charge < -0.3 is 15.5 Å². The van der Waals surface area contributed by atoms with Crippen molar-refractivity contribution in [3.8, 4) is 0 Å². The van der Waals surface area contributed by atoms with E-state index in [1.807, 2.05) is 0 Å². The molecule has 1 aliphatic rings. The molecule has 4 amide bonds. The number of benzene rings is 1. The molecule has 28 heavy (non-hydrogen) atoms. The number of nitro groups is 1. The molecule has 1 heterocycles. The van der Waals surface area contributed by atoms with Gasteiger partial charge in [-0.1, -0.05) is 13.8 Å². The molecule has 0 atom stereocenters. The van der Waals surface area contributed by atoms with Crippen LogP contribution in [0.1, 0.15) is 41.0 Å². The number of likely N-dealkylation sites (N-methyl/N-ethyl adjacent to an activating group) is 1. The molecule has 0 saturated carbocycles. The van der Waals surface area contributed by atoms with Crippen LogP contribution in [0.5, 0.6) is 0 Å². The highest BCUT2D eigenvalue weighted by Gasteiger charge is 2.36. The summed E-state index contributed by atoms with van der Waals surface area (Å²) >= 11 is 0. The van der Waals surface area contributed by atoms with Crippen molar-refractivity contribution in [2.24, 2.45) is 0 Å². The molecule has 0 radical (unpaired) electrons. The van der Waals surface area contributed by atoms with Gasteiger partial charge in [0.1, 0.15) is 0 Å². The van der Waals surface area contributed by atoms with Crippen LogP contribution >= 0.6 is 0 Å². The van der Waals surface area contributed by atoms with Crippen LogP contribution in [0.15, 0.2) is 18.2 Å². The van der Waals surface area contributed by atoms with Gasteiger partial charge >= 0.3 is 6.03 Å². The summed E-state index contributed by atoms with van der Waals surface area (Å²) in [5, 5.41) is 16.3. The number of imide groups is 1. The SMILES string of the molecule is CCN(CC)CCNC(=O)NCCCN1C(=O)c2ccc([N+](=O)[O-])cc2C1=O. The maximum Gasteiger partial charge on any atom is 0.314 e. The van der Waals surface area contributed by atoms with Crippen LogP contribution in [0.25, 0.3) is 0 Å². The van der Waals surface area contributed by atoms with Crippen molar-refractivity contribution in [2.45, 2.75) is 20.3 Å². The van der Waals surface area contributed by atoms with Crippen molar-refractivity contribution in [3.63, 3.8) is 0 Å². The van der Waals surface area contributed by atoms with Crippen LogP contribution in [0, 0.1) is 10.1 Å². The van der Waals surface area contributed by atoms with Crippen molar-refractivity contribution in [1.82, 2.24) is 20.4 Å². The highest BCUT2D eigenvalue weighted by Crippen LogP contribution is 2.26. The van der Waals surface area contributed by atoms with Crippen LogP contribution in [0.2, 0.25) is 0 Å². The van der Waals surface area contributed by atoms with Crippen molar-refractivity contribution < 1.29 is 19.3 Å². The third kappa shape index (κ3) is 5.03. The molecule has 0 fully saturated rings. The van der Waals surface area contributed by atoms with E-state index >= 15 is 0 Å². The Morgan fingerprint density at radius 2 is 1.75 bits per heavy atom. The van der Waals surface area contributed by atoms with Crippen molar-refractivity contribution in [1.29, 1.82) is 0 Å². The number of hydrogen-bond donors (Lipinski definition) is 2. The Hall–Kier alpha value is -3.01. The Bertz CT molecular complexity index is 763. The predicted molar refractivity (Wildman–Crippen MR) is 102 cm³/mol. The average molecular weight is 391 g/mol. The molecular formula is C18H25N5O5. The lowest BCUT2D eigenvalue weighted by Gasteiger charge is -2.18. The van der Waals surface area contributed by atoms with E-state index in [0.717, 1.165) is 30.6 Å². The van der Waals surface area contributed by atoms with E-state index in [0.29, 0.717) is 19.5 Å². The fraction of sp³-hybridized carbons (Fsp3) is 0.500. The van der Waals surface area contributed by atoms with E-state index in [4.69, 9.17) is 0 Å². The molecule has 10 heteroatoms. The second-order valence-electron chi connectivity index (χ2n) is 6.31. The lowest BCUT2D eigenvalue weighted by molar-refractivity contribution is -0.384. The number of carbonyl (C=O) groups is 3. The number of rotatable bonds is 10. The van der Waals surface area contributed by atoms with Crippen molar-refractivity contribution >= 4 is 23.5 Å². The van der Waals surface area contributed by atoms with Crippen LogP contribution in [-0.2, 0) is 0 Å². The number of non-ortho nitro benzene ring substituents is 1. The first kappa shape index (κ1) is 21.3. The third-order valence-corrected chi connectivity index (χ3v) is 4.62. The van der Waals surface area contributed by atoms with E-state index in [1.165, 1.54) is 12.1 Å². The molecule has 2 N–H and O–H groups in total. The monoisotopic (exact) mass is 391 g/mol. The van der Waals surface area contributed by atoms with Crippen LogP contribution in [0.3, 0.4) is 0 Å². The summed E-state index contributed by atoms with van der Waals surface area (Å²) in [5.41, 5.74) is -0.0243. The van der Waals surface area contributed by atoms with Crippen LogP contribution in [0.4, 0.5) is 10.5 Å². The number of nitrogens with one attached hydrogen (secondary N) is 2. The van der Waals surface area contributed by atoms with Crippen molar-refractivity contribution in [3.05, 3.63) is 39.4 Å². The topological polar surface area (TPSA) is 125 Å². The molecule has 0 saturated heterocycles. The maximum absolute atomic E-state index is 12.4. The van der Waals surface area contributed by atoms with Gasteiger partial charge in [-0.15, -0.1) is 0 Å². The first-order valence-corrected chi connectivity index (χ1v) is 9.27. The minimum Gasteiger partial charge on any atom is -0.338 e. The minimum atomic E-state index is -0.608. The second-order valence-corrected chi connectivity index (χ2v) is 6.31. The Balaban J connectivity index is 1.76. The smallest absolute Gasteiger partial charge is 0.314 e. The second kappa shape index (κ2) is 9.79. The number of urea groups is 1. The van der Waals surface area contributed by atoms with E-state index in [1.54, 1.807) is 0 Å². The van der Waals surface area contributed by atoms with Crippen LogP contribution in [-0.4, -0.2) is 71.8 Å². The summed E-state index contributed by atoms with van der Waals surface area (Å²) in [6.07, 6.45) is 0.386. The highest BCUT2D eigenvalue weighted by molar-refractivity contribution is 6.21. The summed E-state index contributed by atoms with van der Waals surface area (Å²) in [4.78, 5) is 49.9. The molecule has 152 valence electrons. The maximum atomic E-state index is 12.4. The van der Waals surface area contributed by atoms with Gasteiger partial charge in [0.05, 0.1) is 16.1 Å². The molecule has 2 rings (SSSR count). The molecular weight excluding hydrogens is 366 g/mol. The number of nitrogens with zero attached hydrogens (tertiary/aromatic N) is 3. The highest BCUT2D eigenvalue weighted by atomic mass is 16.6. The molecule has 0 aromatic heterocycles. The van der Waals surface area contributed by atoms with Gasteiger partial charge in [0.15, 0.2) is 0 Å². The summed E-state index contributed by atoms with van der Waals surface area (Å²) in [5.74, 6) is -1.02. The van der Waals surface area contributed by atoms with Gasteiger partial charge in [0, 0.05) is 38.3 Å². The molecule has 1 aromatic rings. The van der Waals surface area contributed by atoms with E-state index < -0.39 is 16.7 Å². The zero-order chi connectivity index (χ0) is 20.7.